The maximum absolute atomic E-state index is 11.9. The molecule has 0 saturated carbocycles. The number of carbonyl (C=O) groups excluding carboxylic acids is 1. The number of nitrogens with zero attached hydrogens (tertiary/aromatic N) is 1. The van der Waals surface area contributed by atoms with Gasteiger partial charge in [-0.05, 0) is 30.7 Å². The lowest BCUT2D eigenvalue weighted by Gasteiger charge is -2.24. The first-order valence-corrected chi connectivity index (χ1v) is 6.82. The van der Waals surface area contributed by atoms with Crippen LogP contribution in [0.4, 0.5) is 4.79 Å². The lowest BCUT2D eigenvalue weighted by Crippen LogP contribution is -2.32. The summed E-state index contributed by atoms with van der Waals surface area (Å²) in [5, 5.41) is 0. The molecule has 2 rings (SSSR count). The minimum absolute atomic E-state index is 0.238. The molecule has 0 radical (unpaired) electrons. The largest absolute Gasteiger partial charge is 0.445 e. The first-order valence-electron chi connectivity index (χ1n) is 6.82. The first-order chi connectivity index (χ1) is 9.25. The summed E-state index contributed by atoms with van der Waals surface area (Å²) in [4.78, 5) is 13.6. The highest BCUT2D eigenvalue weighted by atomic mass is 16.6. The second-order valence-electron chi connectivity index (χ2n) is 5.07. The normalized spacial score (nSPS) is 18.1. The number of ether oxygens (including phenoxy) is 1. The Labute approximate surface area is 114 Å². The molecule has 1 aromatic carbocycles. The zero-order valence-corrected chi connectivity index (χ0v) is 11.4. The second-order valence-corrected chi connectivity index (χ2v) is 5.07. The fourth-order valence-electron chi connectivity index (χ4n) is 2.31. The summed E-state index contributed by atoms with van der Waals surface area (Å²) in [7, 11) is 1.81. The van der Waals surface area contributed by atoms with Crippen LogP contribution in [0.2, 0.25) is 0 Å². The average Bonchev–Trinajstić information content (AvgIpc) is 2.47. The summed E-state index contributed by atoms with van der Waals surface area (Å²) < 4.78 is 5.30. The number of carbonyl (C=O) groups is 1. The van der Waals surface area contributed by atoms with Crippen molar-refractivity contribution < 1.29 is 9.53 Å². The van der Waals surface area contributed by atoms with Gasteiger partial charge in [0, 0.05) is 13.6 Å². The first kappa shape index (κ1) is 13.7. The molecule has 0 saturated heterocycles. The van der Waals surface area contributed by atoms with Crippen molar-refractivity contribution in [2.75, 3.05) is 13.6 Å². The SMILES string of the molecule is CN(CC1CC=CCC1)C(=O)OCc1ccccc1. The molecule has 1 aliphatic rings. The fourth-order valence-corrected chi connectivity index (χ4v) is 2.31. The van der Waals surface area contributed by atoms with Crippen molar-refractivity contribution in [3.63, 3.8) is 0 Å². The van der Waals surface area contributed by atoms with E-state index < -0.39 is 0 Å². The molecule has 3 heteroatoms. The van der Waals surface area contributed by atoms with Crippen LogP contribution in [0.3, 0.4) is 0 Å². The molecule has 0 aromatic heterocycles. The molecule has 0 aliphatic heterocycles. The van der Waals surface area contributed by atoms with E-state index in [-0.39, 0.29) is 6.09 Å². The topological polar surface area (TPSA) is 29.5 Å². The van der Waals surface area contributed by atoms with Crippen molar-refractivity contribution in [3.05, 3.63) is 48.0 Å². The predicted molar refractivity (Wildman–Crippen MR) is 75.7 cm³/mol. The highest BCUT2D eigenvalue weighted by Crippen LogP contribution is 2.19. The van der Waals surface area contributed by atoms with Gasteiger partial charge < -0.3 is 9.64 Å². The van der Waals surface area contributed by atoms with E-state index in [2.05, 4.69) is 12.2 Å². The van der Waals surface area contributed by atoms with E-state index in [0.717, 1.165) is 31.4 Å². The fraction of sp³-hybridized carbons (Fsp3) is 0.438. The summed E-state index contributed by atoms with van der Waals surface area (Å²) in [5.41, 5.74) is 1.02. The van der Waals surface area contributed by atoms with Crippen LogP contribution in [0.1, 0.15) is 24.8 Å². The van der Waals surface area contributed by atoms with Crippen LogP contribution in [0, 0.1) is 5.92 Å². The van der Waals surface area contributed by atoms with Gasteiger partial charge in [-0.15, -0.1) is 0 Å². The zero-order valence-electron chi connectivity index (χ0n) is 11.4. The molecular weight excluding hydrogens is 238 g/mol. The van der Waals surface area contributed by atoms with Crippen LogP contribution in [0.15, 0.2) is 42.5 Å². The molecule has 0 spiro atoms. The number of benzene rings is 1. The van der Waals surface area contributed by atoms with Gasteiger partial charge in [-0.1, -0.05) is 42.5 Å². The van der Waals surface area contributed by atoms with Crippen LogP contribution in [-0.2, 0) is 11.3 Å². The van der Waals surface area contributed by atoms with E-state index in [1.54, 1.807) is 4.90 Å². The molecule has 0 heterocycles. The highest BCUT2D eigenvalue weighted by Gasteiger charge is 2.17. The minimum atomic E-state index is -0.238. The van der Waals surface area contributed by atoms with Gasteiger partial charge in [0.25, 0.3) is 0 Å². The van der Waals surface area contributed by atoms with Gasteiger partial charge in [-0.2, -0.15) is 0 Å². The molecule has 3 nitrogen and oxygen atoms in total. The minimum Gasteiger partial charge on any atom is -0.445 e. The van der Waals surface area contributed by atoms with Crippen LogP contribution in [0.5, 0.6) is 0 Å². The van der Waals surface area contributed by atoms with E-state index in [1.807, 2.05) is 37.4 Å². The Kier molecular flexibility index (Phi) is 5.01. The summed E-state index contributed by atoms with van der Waals surface area (Å²) in [5.74, 6) is 0.569. The molecule has 19 heavy (non-hydrogen) atoms. The Balaban J connectivity index is 1.74. The summed E-state index contributed by atoms with van der Waals surface area (Å²) in [6.07, 6.45) is 7.53. The summed E-state index contributed by atoms with van der Waals surface area (Å²) >= 11 is 0. The van der Waals surface area contributed by atoms with E-state index in [1.165, 1.54) is 0 Å². The number of allylic oxidation sites excluding steroid dienone is 2. The van der Waals surface area contributed by atoms with Crippen LogP contribution < -0.4 is 0 Å². The Morgan fingerprint density at radius 2 is 2.11 bits per heavy atom. The molecule has 1 amide bonds. The Bertz CT molecular complexity index is 428. The third-order valence-corrected chi connectivity index (χ3v) is 3.43. The average molecular weight is 259 g/mol. The molecule has 1 aromatic rings. The molecule has 0 fully saturated rings. The third-order valence-electron chi connectivity index (χ3n) is 3.43. The van der Waals surface area contributed by atoms with E-state index in [9.17, 15) is 4.79 Å². The lowest BCUT2D eigenvalue weighted by molar-refractivity contribution is 0.0988. The van der Waals surface area contributed by atoms with Gasteiger partial charge in [0.05, 0.1) is 0 Å². The molecule has 1 atom stereocenters. The quantitative estimate of drug-likeness (QED) is 0.773. The highest BCUT2D eigenvalue weighted by molar-refractivity contribution is 5.67. The Morgan fingerprint density at radius 1 is 1.32 bits per heavy atom. The van der Waals surface area contributed by atoms with Crippen molar-refractivity contribution in [1.82, 2.24) is 4.90 Å². The standard InChI is InChI=1S/C16H21NO2/c1-17(12-14-8-4-2-5-9-14)16(18)19-13-15-10-6-3-7-11-15/h2-4,6-7,10-11,14H,5,8-9,12-13H2,1H3. The predicted octanol–water partition coefficient (Wildman–Crippen LogP) is 3.61. The van der Waals surface area contributed by atoms with Gasteiger partial charge in [-0.3, -0.25) is 0 Å². The van der Waals surface area contributed by atoms with E-state index >= 15 is 0 Å². The monoisotopic (exact) mass is 259 g/mol. The van der Waals surface area contributed by atoms with Gasteiger partial charge in [0.15, 0.2) is 0 Å². The van der Waals surface area contributed by atoms with Crippen molar-refractivity contribution in [2.45, 2.75) is 25.9 Å². The summed E-state index contributed by atoms with van der Waals surface area (Å²) in [6, 6.07) is 9.76. The Morgan fingerprint density at radius 3 is 2.79 bits per heavy atom. The van der Waals surface area contributed by atoms with E-state index in [0.29, 0.717) is 12.5 Å². The van der Waals surface area contributed by atoms with Gasteiger partial charge >= 0.3 is 6.09 Å². The summed E-state index contributed by atoms with van der Waals surface area (Å²) in [6.45, 7) is 1.12. The number of hydrogen-bond acceptors (Lipinski definition) is 2. The molecule has 1 unspecified atom stereocenters. The maximum Gasteiger partial charge on any atom is 0.409 e. The molecule has 0 bridgehead atoms. The van der Waals surface area contributed by atoms with Gasteiger partial charge in [-0.25, -0.2) is 4.79 Å². The number of rotatable bonds is 4. The van der Waals surface area contributed by atoms with Crippen LogP contribution in [-0.4, -0.2) is 24.6 Å². The van der Waals surface area contributed by atoms with Crippen LogP contribution >= 0.6 is 0 Å². The number of hydrogen-bond donors (Lipinski definition) is 0. The molecular formula is C16H21NO2. The number of amides is 1. The third kappa shape index (κ3) is 4.43. The van der Waals surface area contributed by atoms with Gasteiger partial charge in [0.1, 0.15) is 6.61 Å². The van der Waals surface area contributed by atoms with Crippen molar-refractivity contribution in [3.8, 4) is 0 Å². The molecule has 1 aliphatic carbocycles. The van der Waals surface area contributed by atoms with Crippen molar-refractivity contribution in [1.29, 1.82) is 0 Å². The van der Waals surface area contributed by atoms with Gasteiger partial charge in [0.2, 0.25) is 0 Å². The Hall–Kier alpha value is -1.77. The van der Waals surface area contributed by atoms with Crippen molar-refractivity contribution >= 4 is 6.09 Å². The lowest BCUT2D eigenvalue weighted by atomic mass is 9.94. The van der Waals surface area contributed by atoms with Crippen molar-refractivity contribution in [2.24, 2.45) is 5.92 Å². The van der Waals surface area contributed by atoms with Crippen LogP contribution in [0.25, 0.3) is 0 Å². The molecule has 0 N–H and O–H groups in total. The second kappa shape index (κ2) is 6.98. The smallest absolute Gasteiger partial charge is 0.409 e. The maximum atomic E-state index is 11.9. The van der Waals surface area contributed by atoms with E-state index in [4.69, 9.17) is 4.74 Å². The molecule has 102 valence electrons. The zero-order chi connectivity index (χ0) is 13.5.